The Labute approximate surface area is 138 Å². The van der Waals surface area contributed by atoms with Crippen molar-refractivity contribution in [2.24, 2.45) is 0 Å². The highest BCUT2D eigenvalue weighted by molar-refractivity contribution is 6.96. The summed E-state index contributed by atoms with van der Waals surface area (Å²) in [5.74, 6) is 0. The lowest BCUT2D eigenvalue weighted by Crippen LogP contribution is -2.64. The lowest BCUT2D eigenvalue weighted by Gasteiger charge is -2.63. The summed E-state index contributed by atoms with van der Waals surface area (Å²) < 4.78 is 0. The molecule has 0 amide bonds. The Morgan fingerprint density at radius 1 is 0.864 bits per heavy atom. The summed E-state index contributed by atoms with van der Waals surface area (Å²) in [6, 6.07) is 8.81. The average molecular weight is 316 g/mol. The van der Waals surface area contributed by atoms with Gasteiger partial charge < -0.3 is 5.32 Å². The Balaban J connectivity index is 2.50. The molecule has 1 atom stereocenters. The van der Waals surface area contributed by atoms with Gasteiger partial charge in [-0.15, -0.1) is 0 Å². The van der Waals surface area contributed by atoms with Gasteiger partial charge in [0.15, 0.2) is 0 Å². The van der Waals surface area contributed by atoms with Crippen molar-refractivity contribution in [3.8, 4) is 0 Å². The van der Waals surface area contributed by atoms with Crippen molar-refractivity contribution in [2.45, 2.75) is 77.9 Å². The number of benzene rings is 1. The first-order chi connectivity index (χ1) is 9.93. The van der Waals surface area contributed by atoms with E-state index >= 15 is 0 Å². The molecule has 1 unspecified atom stereocenters. The molecule has 0 aromatic heterocycles. The van der Waals surface area contributed by atoms with E-state index < -0.39 is 8.07 Å². The van der Waals surface area contributed by atoms with Crippen molar-refractivity contribution in [3.63, 3.8) is 0 Å². The van der Waals surface area contributed by atoms with Crippen molar-refractivity contribution >= 4 is 13.8 Å². The molecule has 1 nitrogen and oxygen atoms in total. The van der Waals surface area contributed by atoms with Crippen molar-refractivity contribution in [1.29, 1.82) is 0 Å². The van der Waals surface area contributed by atoms with Crippen LogP contribution in [0.5, 0.6) is 0 Å². The van der Waals surface area contributed by atoms with E-state index in [1.165, 1.54) is 11.3 Å². The summed E-state index contributed by atoms with van der Waals surface area (Å²) in [7, 11) is -1.67. The molecule has 1 aromatic carbocycles. The first-order valence-corrected chi connectivity index (χ1v) is 10.6. The van der Waals surface area contributed by atoms with E-state index in [1.807, 2.05) is 0 Å². The molecule has 2 heteroatoms. The smallest absolute Gasteiger partial charge is 0.124 e. The zero-order chi connectivity index (χ0) is 16.9. The fourth-order valence-corrected chi connectivity index (χ4v) is 13.7. The van der Waals surface area contributed by atoms with Crippen molar-refractivity contribution < 1.29 is 0 Å². The normalized spacial score (nSPS) is 21.6. The van der Waals surface area contributed by atoms with Crippen molar-refractivity contribution in [3.05, 3.63) is 40.7 Å². The SMILES string of the molecule is CC1=C(Nc2ccc(C)cc2)[Si](C(C)(C)C)(C(C)(C)C)C1C. The zero-order valence-corrected chi connectivity index (χ0v) is 16.9. The van der Waals surface area contributed by atoms with Gasteiger partial charge in [-0.1, -0.05) is 71.7 Å². The Bertz CT molecular complexity index is 568. The highest BCUT2D eigenvalue weighted by Gasteiger charge is 2.64. The van der Waals surface area contributed by atoms with Crippen LogP contribution in [0.25, 0.3) is 0 Å². The Hall–Kier alpha value is -1.02. The van der Waals surface area contributed by atoms with Gasteiger partial charge in [0.05, 0.1) is 0 Å². The zero-order valence-electron chi connectivity index (χ0n) is 15.9. The van der Waals surface area contributed by atoms with Crippen LogP contribution in [0.1, 0.15) is 61.0 Å². The van der Waals surface area contributed by atoms with Crippen LogP contribution in [0.15, 0.2) is 35.2 Å². The molecule has 1 aliphatic rings. The van der Waals surface area contributed by atoms with Crippen LogP contribution in [0.2, 0.25) is 15.6 Å². The van der Waals surface area contributed by atoms with Gasteiger partial charge in [-0.25, -0.2) is 0 Å². The van der Waals surface area contributed by atoms with Gasteiger partial charge in [0.25, 0.3) is 0 Å². The molecule has 22 heavy (non-hydrogen) atoms. The van der Waals surface area contributed by atoms with Gasteiger partial charge in [-0.2, -0.15) is 0 Å². The number of nitrogens with one attached hydrogen (secondary N) is 1. The number of hydrogen-bond acceptors (Lipinski definition) is 1. The van der Waals surface area contributed by atoms with Crippen LogP contribution in [0, 0.1) is 6.92 Å². The van der Waals surface area contributed by atoms with Crippen LogP contribution in [-0.4, -0.2) is 8.07 Å². The van der Waals surface area contributed by atoms with Gasteiger partial charge >= 0.3 is 0 Å². The lowest BCUT2D eigenvalue weighted by molar-refractivity contribution is 0.581. The van der Waals surface area contributed by atoms with Gasteiger partial charge in [0.2, 0.25) is 0 Å². The molecular formula is C20H33NSi. The van der Waals surface area contributed by atoms with Gasteiger partial charge in [-0.3, -0.25) is 0 Å². The van der Waals surface area contributed by atoms with E-state index in [1.54, 1.807) is 10.9 Å². The number of rotatable bonds is 2. The van der Waals surface area contributed by atoms with Gasteiger partial charge in [0.1, 0.15) is 8.07 Å². The predicted molar refractivity (Wildman–Crippen MR) is 102 cm³/mol. The largest absolute Gasteiger partial charge is 0.363 e. The second-order valence-electron chi connectivity index (χ2n) is 9.08. The van der Waals surface area contributed by atoms with Crippen LogP contribution < -0.4 is 5.32 Å². The van der Waals surface area contributed by atoms with Gasteiger partial charge in [0, 0.05) is 5.69 Å². The minimum atomic E-state index is -1.67. The third kappa shape index (κ3) is 2.36. The summed E-state index contributed by atoms with van der Waals surface area (Å²) in [6.07, 6.45) is 0. The molecular weight excluding hydrogens is 282 g/mol. The minimum Gasteiger partial charge on any atom is -0.363 e. The molecule has 0 radical (unpaired) electrons. The van der Waals surface area contributed by atoms with E-state index in [0.29, 0.717) is 10.1 Å². The Morgan fingerprint density at radius 2 is 1.32 bits per heavy atom. The lowest BCUT2D eigenvalue weighted by atomic mass is 10.2. The third-order valence-electron chi connectivity index (χ3n) is 5.77. The minimum absolute atomic E-state index is 0.344. The molecule has 0 spiro atoms. The highest BCUT2D eigenvalue weighted by atomic mass is 28.3. The maximum absolute atomic E-state index is 3.83. The maximum Gasteiger partial charge on any atom is 0.124 e. The van der Waals surface area contributed by atoms with E-state index in [-0.39, 0.29) is 0 Å². The third-order valence-corrected chi connectivity index (χ3v) is 13.5. The van der Waals surface area contributed by atoms with E-state index in [2.05, 4.69) is 91.9 Å². The number of anilines is 1. The molecule has 122 valence electrons. The summed E-state index contributed by atoms with van der Waals surface area (Å²) in [5, 5.41) is 6.09. The molecule has 1 aliphatic heterocycles. The van der Waals surface area contributed by atoms with E-state index in [4.69, 9.17) is 0 Å². The first kappa shape index (κ1) is 17.3. The molecule has 0 aliphatic carbocycles. The van der Waals surface area contributed by atoms with Gasteiger partial charge in [-0.05, 0) is 46.9 Å². The first-order valence-electron chi connectivity index (χ1n) is 8.48. The molecule has 0 saturated heterocycles. The molecule has 1 N–H and O–H groups in total. The number of allylic oxidation sites excluding steroid dienone is 1. The number of hydrogen-bond donors (Lipinski definition) is 1. The summed E-state index contributed by atoms with van der Waals surface area (Å²) >= 11 is 0. The van der Waals surface area contributed by atoms with Crippen LogP contribution in [0.4, 0.5) is 5.69 Å². The highest BCUT2D eigenvalue weighted by Crippen LogP contribution is 2.67. The quantitative estimate of drug-likeness (QED) is 0.601. The fraction of sp³-hybridized carbons (Fsp3) is 0.600. The number of aryl methyl sites for hydroxylation is 1. The molecule has 1 aromatic rings. The van der Waals surface area contributed by atoms with Crippen LogP contribution >= 0.6 is 0 Å². The standard InChI is InChI=1S/C20H33NSi/c1-14-10-12-17(13-11-14)21-18-15(2)16(3)22(18,19(4,5)6)20(7,8)9/h10-13,16,21H,1-9H3. The second kappa shape index (κ2) is 5.26. The van der Waals surface area contributed by atoms with Crippen LogP contribution in [0.3, 0.4) is 0 Å². The topological polar surface area (TPSA) is 12.0 Å². The summed E-state index contributed by atoms with van der Waals surface area (Å²) in [5.41, 5.74) is 4.85. The molecule has 0 saturated carbocycles. The summed E-state index contributed by atoms with van der Waals surface area (Å²) in [4.78, 5) is 0. The average Bonchev–Trinajstić information content (AvgIpc) is 2.36. The summed E-state index contributed by atoms with van der Waals surface area (Å²) in [6.45, 7) is 21.6. The van der Waals surface area contributed by atoms with Crippen LogP contribution in [-0.2, 0) is 0 Å². The monoisotopic (exact) mass is 315 g/mol. The predicted octanol–water partition coefficient (Wildman–Crippen LogP) is 6.67. The maximum atomic E-state index is 3.83. The molecule has 0 bridgehead atoms. The van der Waals surface area contributed by atoms with E-state index in [9.17, 15) is 0 Å². The van der Waals surface area contributed by atoms with Crippen molar-refractivity contribution in [2.75, 3.05) is 5.32 Å². The Kier molecular flexibility index (Phi) is 4.15. The Morgan fingerprint density at radius 3 is 1.73 bits per heavy atom. The second-order valence-corrected chi connectivity index (χ2v) is 15.1. The molecule has 0 fully saturated rings. The van der Waals surface area contributed by atoms with E-state index in [0.717, 1.165) is 5.54 Å². The molecule has 1 heterocycles. The fourth-order valence-electron chi connectivity index (χ4n) is 5.14. The van der Waals surface area contributed by atoms with Crippen molar-refractivity contribution in [1.82, 2.24) is 0 Å². The molecule has 2 rings (SSSR count).